The first kappa shape index (κ1) is 19.1. The molecule has 1 fully saturated rings. The van der Waals surface area contributed by atoms with E-state index < -0.39 is 5.25 Å². The molecule has 1 atom stereocenters. The first-order chi connectivity index (χ1) is 12.9. The number of ketones is 1. The number of phenols is 1. The van der Waals surface area contributed by atoms with E-state index in [4.69, 9.17) is 11.6 Å². The van der Waals surface area contributed by atoms with E-state index in [1.54, 1.807) is 42.5 Å². The smallest absolute Gasteiger partial charge is 0.240 e. The Bertz CT molecular complexity index is 942. The second-order valence-corrected chi connectivity index (χ2v) is 7.53. The average Bonchev–Trinajstić information content (AvgIpc) is 2.98. The third-order valence-electron chi connectivity index (χ3n) is 3.88. The fourth-order valence-electron chi connectivity index (χ4n) is 2.40. The molecular weight excluding hydrogens is 386 g/mol. The van der Waals surface area contributed by atoms with Gasteiger partial charge in [0.05, 0.1) is 11.5 Å². The largest absolute Gasteiger partial charge is 0.508 e. The molecule has 1 amide bonds. The molecule has 1 saturated heterocycles. The van der Waals surface area contributed by atoms with Gasteiger partial charge in [0.1, 0.15) is 5.75 Å². The zero-order valence-electron chi connectivity index (χ0n) is 14.3. The Labute approximate surface area is 165 Å². The maximum atomic E-state index is 12.4. The number of aryl methyl sites for hydroxylation is 1. The molecule has 0 saturated carbocycles. The summed E-state index contributed by atoms with van der Waals surface area (Å²) in [6.07, 6.45) is 1.58. The summed E-state index contributed by atoms with van der Waals surface area (Å²) in [5, 5.41) is 20.2. The molecular formula is C19H16ClN3O3S. The summed E-state index contributed by atoms with van der Waals surface area (Å²) >= 11 is 7.15. The minimum Gasteiger partial charge on any atom is -0.508 e. The summed E-state index contributed by atoms with van der Waals surface area (Å²) < 4.78 is 0. The van der Waals surface area contributed by atoms with E-state index in [0.29, 0.717) is 15.8 Å². The zero-order valence-corrected chi connectivity index (χ0v) is 15.9. The first-order valence-electron chi connectivity index (χ1n) is 8.09. The number of amides is 1. The lowest BCUT2D eigenvalue weighted by Crippen LogP contribution is -2.26. The van der Waals surface area contributed by atoms with Gasteiger partial charge in [0.2, 0.25) is 5.91 Å². The van der Waals surface area contributed by atoms with Crippen molar-refractivity contribution in [3.05, 3.63) is 64.2 Å². The Morgan fingerprint density at radius 1 is 1.30 bits per heavy atom. The molecule has 0 aliphatic carbocycles. The molecule has 2 N–H and O–H groups in total. The minimum absolute atomic E-state index is 0.0677. The molecule has 0 spiro atoms. The van der Waals surface area contributed by atoms with E-state index in [1.165, 1.54) is 18.0 Å². The van der Waals surface area contributed by atoms with Crippen molar-refractivity contribution in [2.24, 2.45) is 10.2 Å². The number of halogens is 1. The van der Waals surface area contributed by atoms with Crippen LogP contribution in [0.1, 0.15) is 27.9 Å². The molecule has 2 aromatic carbocycles. The number of nitrogens with one attached hydrogen (secondary N) is 1. The quantitative estimate of drug-likeness (QED) is 0.455. The molecule has 0 bridgehead atoms. The SMILES string of the molecule is Cc1cc(C(=O)CC2S/C(=N\N=C\c3ccc(O)cc3)NC2=O)ccc1Cl. The van der Waals surface area contributed by atoms with E-state index in [1.807, 2.05) is 6.92 Å². The van der Waals surface area contributed by atoms with E-state index >= 15 is 0 Å². The number of benzene rings is 2. The fraction of sp³-hybridized carbons (Fsp3) is 0.158. The van der Waals surface area contributed by atoms with Crippen LogP contribution < -0.4 is 5.32 Å². The van der Waals surface area contributed by atoms with Gasteiger partial charge in [0.25, 0.3) is 0 Å². The Morgan fingerprint density at radius 2 is 2.04 bits per heavy atom. The Balaban J connectivity index is 1.61. The van der Waals surface area contributed by atoms with Crippen molar-refractivity contribution in [2.75, 3.05) is 0 Å². The van der Waals surface area contributed by atoms with Crippen molar-refractivity contribution in [1.82, 2.24) is 5.32 Å². The molecule has 1 aliphatic rings. The molecule has 6 nitrogen and oxygen atoms in total. The third-order valence-corrected chi connectivity index (χ3v) is 5.37. The van der Waals surface area contributed by atoms with Crippen LogP contribution in [0.15, 0.2) is 52.7 Å². The summed E-state index contributed by atoms with van der Waals surface area (Å²) in [5.74, 6) is -0.227. The molecule has 1 aliphatic heterocycles. The number of Topliss-reactive ketones (excluding diaryl/α,β-unsaturated/α-hetero) is 1. The second kappa shape index (κ2) is 8.37. The maximum Gasteiger partial charge on any atom is 0.240 e. The Hall–Kier alpha value is -2.64. The number of nitrogens with zero attached hydrogens (tertiary/aromatic N) is 2. The van der Waals surface area contributed by atoms with Crippen molar-refractivity contribution < 1.29 is 14.7 Å². The number of carbonyl (C=O) groups excluding carboxylic acids is 2. The molecule has 1 unspecified atom stereocenters. The topological polar surface area (TPSA) is 91.1 Å². The number of aromatic hydroxyl groups is 1. The van der Waals surface area contributed by atoms with Crippen LogP contribution in [-0.2, 0) is 4.79 Å². The molecule has 138 valence electrons. The van der Waals surface area contributed by atoms with Crippen LogP contribution in [0.3, 0.4) is 0 Å². The van der Waals surface area contributed by atoms with Gasteiger partial charge < -0.3 is 10.4 Å². The highest BCUT2D eigenvalue weighted by atomic mass is 35.5. The van der Waals surface area contributed by atoms with E-state index in [9.17, 15) is 14.7 Å². The van der Waals surface area contributed by atoms with Gasteiger partial charge in [-0.15, -0.1) is 5.10 Å². The molecule has 27 heavy (non-hydrogen) atoms. The number of phenolic OH excluding ortho intramolecular Hbond substituents is 1. The Kier molecular flexibility index (Phi) is 5.93. The first-order valence-corrected chi connectivity index (χ1v) is 9.35. The van der Waals surface area contributed by atoms with E-state index in [-0.39, 0.29) is 23.9 Å². The van der Waals surface area contributed by atoms with Crippen LogP contribution in [0.4, 0.5) is 0 Å². The van der Waals surface area contributed by atoms with Crippen molar-refractivity contribution in [2.45, 2.75) is 18.6 Å². The fourth-order valence-corrected chi connectivity index (χ4v) is 3.44. The van der Waals surface area contributed by atoms with Gasteiger partial charge in [0.15, 0.2) is 11.0 Å². The maximum absolute atomic E-state index is 12.4. The Morgan fingerprint density at radius 3 is 2.74 bits per heavy atom. The number of carbonyl (C=O) groups is 2. The summed E-state index contributed by atoms with van der Waals surface area (Å²) in [7, 11) is 0. The van der Waals surface area contributed by atoms with Crippen LogP contribution in [0, 0.1) is 6.92 Å². The van der Waals surface area contributed by atoms with Gasteiger partial charge in [-0.1, -0.05) is 23.4 Å². The summed E-state index contributed by atoms with van der Waals surface area (Å²) in [6, 6.07) is 11.5. The van der Waals surface area contributed by atoms with Gasteiger partial charge in [0, 0.05) is 17.0 Å². The highest BCUT2D eigenvalue weighted by molar-refractivity contribution is 8.15. The predicted octanol–water partition coefficient (Wildman–Crippen LogP) is 3.55. The second-order valence-electron chi connectivity index (χ2n) is 5.93. The number of hydrogen-bond acceptors (Lipinski definition) is 6. The summed E-state index contributed by atoms with van der Waals surface area (Å²) in [6.45, 7) is 1.83. The van der Waals surface area contributed by atoms with Gasteiger partial charge >= 0.3 is 0 Å². The van der Waals surface area contributed by atoms with Crippen LogP contribution in [0.2, 0.25) is 5.02 Å². The summed E-state index contributed by atoms with van der Waals surface area (Å²) in [5.41, 5.74) is 2.11. The number of amidine groups is 1. The normalized spacial score (nSPS) is 18.2. The molecule has 0 radical (unpaired) electrons. The predicted molar refractivity (Wildman–Crippen MR) is 108 cm³/mol. The molecule has 2 aromatic rings. The molecule has 8 heteroatoms. The average molecular weight is 402 g/mol. The van der Waals surface area contributed by atoms with Gasteiger partial charge in [-0.25, -0.2) is 0 Å². The lowest BCUT2D eigenvalue weighted by atomic mass is 10.0. The van der Waals surface area contributed by atoms with Crippen molar-refractivity contribution >= 4 is 46.4 Å². The number of hydrogen-bond donors (Lipinski definition) is 2. The van der Waals surface area contributed by atoms with Gasteiger partial charge in [-0.3, -0.25) is 9.59 Å². The van der Waals surface area contributed by atoms with Crippen LogP contribution in [0.5, 0.6) is 5.75 Å². The lowest BCUT2D eigenvalue weighted by molar-refractivity contribution is -0.118. The van der Waals surface area contributed by atoms with Gasteiger partial charge in [-0.05, 0) is 60.5 Å². The third kappa shape index (κ3) is 4.96. The van der Waals surface area contributed by atoms with Crippen molar-refractivity contribution in [3.63, 3.8) is 0 Å². The van der Waals surface area contributed by atoms with Crippen LogP contribution in [-0.4, -0.2) is 33.4 Å². The van der Waals surface area contributed by atoms with Gasteiger partial charge in [-0.2, -0.15) is 5.10 Å². The molecule has 3 rings (SSSR count). The zero-order chi connectivity index (χ0) is 19.4. The molecule has 1 heterocycles. The van der Waals surface area contributed by atoms with E-state index in [2.05, 4.69) is 15.5 Å². The molecule has 0 aromatic heterocycles. The summed E-state index contributed by atoms with van der Waals surface area (Å²) in [4.78, 5) is 24.5. The monoisotopic (exact) mass is 401 g/mol. The highest BCUT2D eigenvalue weighted by Crippen LogP contribution is 2.25. The minimum atomic E-state index is -0.545. The lowest BCUT2D eigenvalue weighted by Gasteiger charge is -2.06. The van der Waals surface area contributed by atoms with Crippen LogP contribution >= 0.6 is 23.4 Å². The van der Waals surface area contributed by atoms with Crippen molar-refractivity contribution in [1.29, 1.82) is 0 Å². The standard InChI is InChI=1S/C19H16ClN3O3S/c1-11-8-13(4-7-15(11)20)16(25)9-17-18(26)22-19(27-17)23-21-10-12-2-5-14(24)6-3-12/h2-8,10,17,24H,9H2,1H3,(H,22,23,26)/b21-10+. The highest BCUT2D eigenvalue weighted by Gasteiger charge is 2.32. The van der Waals surface area contributed by atoms with E-state index in [0.717, 1.165) is 11.1 Å². The van der Waals surface area contributed by atoms with Crippen LogP contribution in [0.25, 0.3) is 0 Å². The van der Waals surface area contributed by atoms with Crippen molar-refractivity contribution in [3.8, 4) is 5.75 Å². The number of rotatable bonds is 5. The number of thioether (sulfide) groups is 1.